The highest BCUT2D eigenvalue weighted by atomic mass is 16.5. The van der Waals surface area contributed by atoms with Crippen LogP contribution in [0.4, 0.5) is 5.82 Å². The molecule has 0 bridgehead atoms. The summed E-state index contributed by atoms with van der Waals surface area (Å²) >= 11 is 0. The topological polar surface area (TPSA) is 90.4 Å². The lowest BCUT2D eigenvalue weighted by molar-refractivity contribution is -0.000336. The first-order valence-electron chi connectivity index (χ1n) is 11.7. The van der Waals surface area contributed by atoms with E-state index in [9.17, 15) is 5.11 Å². The van der Waals surface area contributed by atoms with E-state index in [1.54, 1.807) is 13.4 Å². The van der Waals surface area contributed by atoms with Gasteiger partial charge in [0, 0.05) is 49.9 Å². The van der Waals surface area contributed by atoms with Crippen molar-refractivity contribution in [3.05, 3.63) is 59.7 Å². The maximum Gasteiger partial charge on any atom is 0.135 e. The zero-order valence-corrected chi connectivity index (χ0v) is 19.4. The Kier molecular flexibility index (Phi) is 6.14. The predicted molar refractivity (Wildman–Crippen MR) is 128 cm³/mol. The summed E-state index contributed by atoms with van der Waals surface area (Å²) in [5.74, 6) is 1.74. The lowest BCUT2D eigenvalue weighted by Crippen LogP contribution is -2.51. The number of H-pyrrole nitrogens is 1. The first-order valence-corrected chi connectivity index (χ1v) is 11.7. The number of aliphatic hydroxyl groups excluding tert-OH is 1. The van der Waals surface area contributed by atoms with Gasteiger partial charge < -0.3 is 14.7 Å². The second-order valence-corrected chi connectivity index (χ2v) is 9.13. The zero-order chi connectivity index (χ0) is 22.9. The number of aromatic amines is 1. The first-order chi connectivity index (χ1) is 16.1. The van der Waals surface area contributed by atoms with Gasteiger partial charge in [0.1, 0.15) is 18.4 Å². The van der Waals surface area contributed by atoms with E-state index in [1.165, 1.54) is 11.1 Å². The number of anilines is 1. The second-order valence-electron chi connectivity index (χ2n) is 9.13. The molecule has 5 rings (SSSR count). The van der Waals surface area contributed by atoms with E-state index in [-0.39, 0.29) is 18.8 Å². The smallest absolute Gasteiger partial charge is 0.135 e. The summed E-state index contributed by atoms with van der Waals surface area (Å²) in [4.78, 5) is 14.1. The molecule has 8 nitrogen and oxygen atoms in total. The van der Waals surface area contributed by atoms with Gasteiger partial charge in [-0.25, -0.2) is 9.97 Å². The summed E-state index contributed by atoms with van der Waals surface area (Å²) in [7, 11) is 1.73. The minimum atomic E-state index is -0.0430. The minimum absolute atomic E-state index is 0.0268. The fourth-order valence-corrected chi connectivity index (χ4v) is 5.60. The van der Waals surface area contributed by atoms with E-state index in [1.807, 2.05) is 24.4 Å². The molecule has 2 N–H and O–H groups in total. The van der Waals surface area contributed by atoms with Crippen LogP contribution in [0, 0.1) is 5.92 Å². The lowest BCUT2D eigenvalue weighted by atomic mass is 9.73. The van der Waals surface area contributed by atoms with Crippen LogP contribution >= 0.6 is 0 Å². The molecule has 2 aromatic heterocycles. The number of fused-ring (bicyclic) bond motifs is 2. The molecule has 8 heteroatoms. The zero-order valence-electron chi connectivity index (χ0n) is 19.4. The van der Waals surface area contributed by atoms with Gasteiger partial charge >= 0.3 is 0 Å². The largest absolute Gasteiger partial charge is 0.392 e. The first kappa shape index (κ1) is 22.0. The molecule has 1 aliphatic heterocycles. The van der Waals surface area contributed by atoms with Crippen LogP contribution in [0.1, 0.15) is 35.2 Å². The van der Waals surface area contributed by atoms with Crippen molar-refractivity contribution in [3.8, 4) is 0 Å². The SMILES string of the molecule is C=CC(OC)N1CCN(c2ncnc3c2C[C@@H](C)[C@H](c2c(CO)ccc4[nH]ncc24)C3)CC1. The Morgan fingerprint density at radius 1 is 1.24 bits per heavy atom. The molecular weight excluding hydrogens is 416 g/mol. The van der Waals surface area contributed by atoms with Crippen molar-refractivity contribution >= 4 is 16.7 Å². The van der Waals surface area contributed by atoms with Gasteiger partial charge in [-0.2, -0.15) is 5.10 Å². The Labute approximate surface area is 194 Å². The average Bonchev–Trinajstić information content (AvgIpc) is 3.33. The highest BCUT2D eigenvalue weighted by molar-refractivity contribution is 5.83. The molecule has 2 aliphatic rings. The van der Waals surface area contributed by atoms with Gasteiger partial charge in [-0.05, 0) is 47.9 Å². The summed E-state index contributed by atoms with van der Waals surface area (Å²) in [5.41, 5.74) is 5.58. The van der Waals surface area contributed by atoms with Crippen LogP contribution in [0.25, 0.3) is 10.9 Å². The Hall–Kier alpha value is -2.81. The number of rotatable bonds is 6. The van der Waals surface area contributed by atoms with Gasteiger partial charge in [0.2, 0.25) is 0 Å². The van der Waals surface area contributed by atoms with Crippen LogP contribution in [0.15, 0.2) is 37.3 Å². The van der Waals surface area contributed by atoms with Gasteiger partial charge in [0.15, 0.2) is 0 Å². The van der Waals surface area contributed by atoms with E-state index in [4.69, 9.17) is 14.7 Å². The minimum Gasteiger partial charge on any atom is -0.392 e. The van der Waals surface area contributed by atoms with Crippen molar-refractivity contribution in [1.82, 2.24) is 25.1 Å². The van der Waals surface area contributed by atoms with Crippen molar-refractivity contribution in [3.63, 3.8) is 0 Å². The number of piperazine rings is 1. The van der Waals surface area contributed by atoms with E-state index in [0.29, 0.717) is 5.92 Å². The molecule has 1 saturated heterocycles. The number of ether oxygens (including phenoxy) is 1. The molecular formula is C25H32N6O2. The van der Waals surface area contributed by atoms with E-state index in [0.717, 1.165) is 67.0 Å². The second kappa shape index (κ2) is 9.21. The lowest BCUT2D eigenvalue weighted by Gasteiger charge is -2.40. The predicted octanol–water partition coefficient (Wildman–Crippen LogP) is 2.64. The monoisotopic (exact) mass is 448 g/mol. The third kappa shape index (κ3) is 3.92. The number of aliphatic hydroxyl groups is 1. The van der Waals surface area contributed by atoms with Crippen LogP contribution in [0.3, 0.4) is 0 Å². The molecule has 0 spiro atoms. The normalized spacial score (nSPS) is 22.3. The Balaban J connectivity index is 1.43. The number of benzene rings is 1. The number of hydrogen-bond donors (Lipinski definition) is 2. The highest BCUT2D eigenvalue weighted by Gasteiger charge is 2.34. The Bertz CT molecular complexity index is 1140. The Morgan fingerprint density at radius 3 is 2.79 bits per heavy atom. The summed E-state index contributed by atoms with van der Waals surface area (Å²) < 4.78 is 5.52. The van der Waals surface area contributed by atoms with Gasteiger partial charge in [-0.15, -0.1) is 0 Å². The fraction of sp³-hybridized carbons (Fsp3) is 0.480. The number of methoxy groups -OCH3 is 1. The van der Waals surface area contributed by atoms with Crippen LogP contribution in [-0.2, 0) is 24.2 Å². The molecule has 1 aliphatic carbocycles. The van der Waals surface area contributed by atoms with Crippen LogP contribution in [0.5, 0.6) is 0 Å². The van der Waals surface area contributed by atoms with Gasteiger partial charge in [0.25, 0.3) is 0 Å². The van der Waals surface area contributed by atoms with E-state index >= 15 is 0 Å². The van der Waals surface area contributed by atoms with Gasteiger partial charge in [-0.3, -0.25) is 10.00 Å². The van der Waals surface area contributed by atoms with Gasteiger partial charge in [0.05, 0.1) is 18.3 Å². The van der Waals surface area contributed by atoms with Crippen molar-refractivity contribution in [2.24, 2.45) is 5.92 Å². The summed E-state index contributed by atoms with van der Waals surface area (Å²) in [5, 5.41) is 18.5. The maximum absolute atomic E-state index is 10.1. The fourth-order valence-electron chi connectivity index (χ4n) is 5.60. The van der Waals surface area contributed by atoms with Crippen molar-refractivity contribution in [2.75, 3.05) is 38.2 Å². The molecule has 0 amide bonds. The average molecular weight is 449 g/mol. The number of hydrogen-bond acceptors (Lipinski definition) is 7. The summed E-state index contributed by atoms with van der Waals surface area (Å²) in [6.45, 7) is 9.83. The third-order valence-electron chi connectivity index (χ3n) is 7.35. The number of nitrogens with one attached hydrogen (secondary N) is 1. The van der Waals surface area contributed by atoms with Crippen molar-refractivity contribution in [1.29, 1.82) is 0 Å². The van der Waals surface area contributed by atoms with E-state index < -0.39 is 0 Å². The number of nitrogens with zero attached hydrogens (tertiary/aromatic N) is 5. The van der Waals surface area contributed by atoms with Crippen molar-refractivity contribution in [2.45, 2.75) is 38.5 Å². The third-order valence-corrected chi connectivity index (χ3v) is 7.35. The van der Waals surface area contributed by atoms with Crippen LogP contribution in [-0.4, -0.2) is 69.7 Å². The quantitative estimate of drug-likeness (QED) is 0.560. The van der Waals surface area contributed by atoms with Gasteiger partial charge in [-0.1, -0.05) is 19.6 Å². The highest BCUT2D eigenvalue weighted by Crippen LogP contribution is 2.42. The molecule has 3 atom stereocenters. The summed E-state index contributed by atoms with van der Waals surface area (Å²) in [6, 6.07) is 4.01. The molecule has 1 aromatic carbocycles. The molecule has 3 aromatic rings. The van der Waals surface area contributed by atoms with Crippen LogP contribution < -0.4 is 4.90 Å². The van der Waals surface area contributed by atoms with E-state index in [2.05, 4.69) is 33.5 Å². The molecule has 174 valence electrons. The molecule has 33 heavy (non-hydrogen) atoms. The molecule has 3 heterocycles. The Morgan fingerprint density at radius 2 is 2.06 bits per heavy atom. The standard InChI is InChI=1S/C25H32N6O2/c1-4-23(33-3)30-7-9-31(10-8-30)25-19-11-16(2)18(12-22(19)26-15-27-25)24-17(14-32)5-6-21-20(24)13-28-29-21/h4-6,13,15-16,18,23,32H,1,7-12,14H2,2-3H3,(H,28,29)/t16-,18-,23?/m1/s1. The molecule has 0 radical (unpaired) electrons. The molecule has 1 unspecified atom stereocenters. The molecule has 0 saturated carbocycles. The maximum atomic E-state index is 10.1. The van der Waals surface area contributed by atoms with Crippen LogP contribution in [0.2, 0.25) is 0 Å². The molecule has 1 fully saturated rings. The number of aromatic nitrogens is 4. The van der Waals surface area contributed by atoms with Crippen molar-refractivity contribution < 1.29 is 9.84 Å². The summed E-state index contributed by atoms with van der Waals surface area (Å²) in [6.07, 6.45) is 7.16.